The molecular weight excluding hydrogens is 226 g/mol. The van der Waals surface area contributed by atoms with E-state index in [4.69, 9.17) is 0 Å². The zero-order valence-electron chi connectivity index (χ0n) is 10.9. The normalized spacial score (nSPS) is 15.8. The van der Waals surface area contributed by atoms with Crippen LogP contribution in [0.3, 0.4) is 0 Å². The lowest BCUT2D eigenvalue weighted by Crippen LogP contribution is -2.13. The second kappa shape index (κ2) is 5.89. The van der Waals surface area contributed by atoms with E-state index in [2.05, 4.69) is 5.32 Å². The van der Waals surface area contributed by atoms with E-state index < -0.39 is 0 Å². The number of carbonyl (C=O) groups excluding carboxylic acids is 1. The maximum Gasteiger partial charge on any atom is 0.224 e. The van der Waals surface area contributed by atoms with E-state index in [1.54, 1.807) is 12.1 Å². The summed E-state index contributed by atoms with van der Waals surface area (Å²) < 4.78 is 0. The van der Waals surface area contributed by atoms with Gasteiger partial charge in [-0.05, 0) is 31.4 Å². The van der Waals surface area contributed by atoms with Crippen LogP contribution in [0.2, 0.25) is 0 Å². The van der Waals surface area contributed by atoms with Gasteiger partial charge in [0.05, 0.1) is 0 Å². The van der Waals surface area contributed by atoms with Crippen molar-refractivity contribution in [3.8, 4) is 5.75 Å². The number of phenols is 1. The summed E-state index contributed by atoms with van der Waals surface area (Å²) in [5.74, 6) is 1.01. The Morgan fingerprint density at radius 1 is 1.39 bits per heavy atom. The van der Waals surface area contributed by atoms with Gasteiger partial charge in [0.2, 0.25) is 5.91 Å². The Balaban J connectivity index is 1.84. The van der Waals surface area contributed by atoms with E-state index in [-0.39, 0.29) is 11.7 Å². The summed E-state index contributed by atoms with van der Waals surface area (Å²) in [6.07, 6.45) is 6.76. The van der Waals surface area contributed by atoms with E-state index in [1.165, 1.54) is 25.7 Å². The summed E-state index contributed by atoms with van der Waals surface area (Å²) in [7, 11) is 0. The van der Waals surface area contributed by atoms with Crippen LogP contribution in [0.5, 0.6) is 5.75 Å². The predicted molar refractivity (Wildman–Crippen MR) is 72.7 cm³/mol. The highest BCUT2D eigenvalue weighted by Crippen LogP contribution is 2.29. The van der Waals surface area contributed by atoms with Crippen molar-refractivity contribution in [1.29, 1.82) is 0 Å². The van der Waals surface area contributed by atoms with Gasteiger partial charge in [0.25, 0.3) is 0 Å². The van der Waals surface area contributed by atoms with E-state index in [0.717, 1.165) is 17.9 Å². The monoisotopic (exact) mass is 247 g/mol. The lowest BCUT2D eigenvalue weighted by atomic mass is 10.0. The lowest BCUT2D eigenvalue weighted by Gasteiger charge is -2.11. The van der Waals surface area contributed by atoms with Gasteiger partial charge in [-0.3, -0.25) is 4.79 Å². The van der Waals surface area contributed by atoms with E-state index in [0.29, 0.717) is 12.1 Å². The molecule has 1 aromatic carbocycles. The number of hydrogen-bond donors (Lipinski definition) is 2. The van der Waals surface area contributed by atoms with Gasteiger partial charge in [0, 0.05) is 17.7 Å². The minimum absolute atomic E-state index is 0.0515. The molecule has 3 heteroatoms. The summed E-state index contributed by atoms with van der Waals surface area (Å²) in [5, 5.41) is 12.4. The SMILES string of the molecule is Cc1c(O)cccc1NC(=O)CCC1CCCC1. The van der Waals surface area contributed by atoms with Crippen LogP contribution in [0.15, 0.2) is 18.2 Å². The molecule has 18 heavy (non-hydrogen) atoms. The molecule has 0 heterocycles. The second-order valence-corrected chi connectivity index (χ2v) is 5.19. The Kier molecular flexibility index (Phi) is 4.24. The molecule has 1 amide bonds. The van der Waals surface area contributed by atoms with Gasteiger partial charge in [-0.2, -0.15) is 0 Å². The highest BCUT2D eigenvalue weighted by molar-refractivity contribution is 5.91. The van der Waals surface area contributed by atoms with Crippen molar-refractivity contribution in [2.45, 2.75) is 45.4 Å². The number of carbonyl (C=O) groups is 1. The first-order valence-electron chi connectivity index (χ1n) is 6.75. The van der Waals surface area contributed by atoms with Crippen LogP contribution in [0.25, 0.3) is 0 Å². The average molecular weight is 247 g/mol. The summed E-state index contributed by atoms with van der Waals surface area (Å²) in [5.41, 5.74) is 1.44. The van der Waals surface area contributed by atoms with Gasteiger partial charge in [-0.15, -0.1) is 0 Å². The molecule has 0 aliphatic heterocycles. The summed E-state index contributed by atoms with van der Waals surface area (Å²) in [4.78, 5) is 11.8. The minimum atomic E-state index is 0.0515. The molecule has 0 radical (unpaired) electrons. The van der Waals surface area contributed by atoms with Crippen molar-refractivity contribution >= 4 is 11.6 Å². The van der Waals surface area contributed by atoms with Gasteiger partial charge in [0.1, 0.15) is 5.75 Å². The molecule has 0 atom stereocenters. The number of anilines is 1. The van der Waals surface area contributed by atoms with E-state index in [1.807, 2.05) is 13.0 Å². The molecule has 0 spiro atoms. The number of benzene rings is 1. The third-order valence-electron chi connectivity index (χ3n) is 3.83. The Bertz CT molecular complexity index is 423. The molecule has 0 bridgehead atoms. The molecule has 1 aromatic rings. The van der Waals surface area contributed by atoms with Crippen LogP contribution in [-0.4, -0.2) is 11.0 Å². The summed E-state index contributed by atoms with van der Waals surface area (Å²) >= 11 is 0. The zero-order valence-corrected chi connectivity index (χ0v) is 10.9. The van der Waals surface area contributed by atoms with Gasteiger partial charge in [0.15, 0.2) is 0 Å². The number of hydrogen-bond acceptors (Lipinski definition) is 2. The Morgan fingerprint density at radius 3 is 2.83 bits per heavy atom. The van der Waals surface area contributed by atoms with Crippen molar-refractivity contribution in [2.75, 3.05) is 5.32 Å². The van der Waals surface area contributed by atoms with Crippen LogP contribution < -0.4 is 5.32 Å². The van der Waals surface area contributed by atoms with Crippen LogP contribution >= 0.6 is 0 Å². The second-order valence-electron chi connectivity index (χ2n) is 5.19. The van der Waals surface area contributed by atoms with Crippen molar-refractivity contribution in [2.24, 2.45) is 5.92 Å². The maximum atomic E-state index is 11.8. The summed E-state index contributed by atoms with van der Waals surface area (Å²) in [6, 6.07) is 5.20. The average Bonchev–Trinajstić information content (AvgIpc) is 2.86. The first-order valence-corrected chi connectivity index (χ1v) is 6.75. The molecule has 1 aliphatic carbocycles. The van der Waals surface area contributed by atoms with Crippen LogP contribution in [-0.2, 0) is 4.79 Å². The van der Waals surface area contributed by atoms with Crippen molar-refractivity contribution < 1.29 is 9.90 Å². The molecule has 0 unspecified atom stereocenters. The van der Waals surface area contributed by atoms with E-state index in [9.17, 15) is 9.90 Å². The Hall–Kier alpha value is -1.51. The van der Waals surface area contributed by atoms with Crippen molar-refractivity contribution in [1.82, 2.24) is 0 Å². The van der Waals surface area contributed by atoms with Crippen LogP contribution in [0, 0.1) is 12.8 Å². The standard InChI is InChI=1S/C15H21NO2/c1-11-13(7-4-8-14(11)17)16-15(18)10-9-12-5-2-3-6-12/h4,7-8,12,17H,2-3,5-6,9-10H2,1H3,(H,16,18). The Morgan fingerprint density at radius 2 is 2.11 bits per heavy atom. The number of aromatic hydroxyl groups is 1. The van der Waals surface area contributed by atoms with Gasteiger partial charge in [-0.25, -0.2) is 0 Å². The Labute approximate surface area is 108 Å². The number of amides is 1. The third kappa shape index (κ3) is 3.25. The van der Waals surface area contributed by atoms with Gasteiger partial charge >= 0.3 is 0 Å². The highest BCUT2D eigenvalue weighted by Gasteiger charge is 2.16. The van der Waals surface area contributed by atoms with Crippen molar-refractivity contribution in [3.63, 3.8) is 0 Å². The molecule has 1 aliphatic rings. The lowest BCUT2D eigenvalue weighted by molar-refractivity contribution is -0.116. The number of rotatable bonds is 4. The molecule has 0 aromatic heterocycles. The molecule has 2 rings (SSSR count). The smallest absolute Gasteiger partial charge is 0.224 e. The van der Waals surface area contributed by atoms with E-state index >= 15 is 0 Å². The van der Waals surface area contributed by atoms with Crippen LogP contribution in [0.1, 0.15) is 44.1 Å². The number of nitrogens with one attached hydrogen (secondary N) is 1. The first kappa shape index (κ1) is 12.9. The zero-order chi connectivity index (χ0) is 13.0. The predicted octanol–water partition coefficient (Wildman–Crippen LogP) is 3.61. The van der Waals surface area contributed by atoms with Crippen LogP contribution in [0.4, 0.5) is 5.69 Å². The minimum Gasteiger partial charge on any atom is -0.508 e. The molecule has 1 saturated carbocycles. The fourth-order valence-electron chi connectivity index (χ4n) is 2.61. The molecule has 2 N–H and O–H groups in total. The molecule has 98 valence electrons. The van der Waals surface area contributed by atoms with Gasteiger partial charge in [-0.1, -0.05) is 31.7 Å². The highest BCUT2D eigenvalue weighted by atomic mass is 16.3. The maximum absolute atomic E-state index is 11.8. The van der Waals surface area contributed by atoms with Crippen molar-refractivity contribution in [3.05, 3.63) is 23.8 Å². The third-order valence-corrected chi connectivity index (χ3v) is 3.83. The fourth-order valence-corrected chi connectivity index (χ4v) is 2.61. The summed E-state index contributed by atoms with van der Waals surface area (Å²) in [6.45, 7) is 1.81. The topological polar surface area (TPSA) is 49.3 Å². The first-order chi connectivity index (χ1) is 8.66. The molecule has 3 nitrogen and oxygen atoms in total. The quantitative estimate of drug-likeness (QED) is 0.854. The largest absolute Gasteiger partial charge is 0.508 e. The molecule has 0 saturated heterocycles. The molecular formula is C15H21NO2. The number of phenolic OH excluding ortho intramolecular Hbond substituents is 1. The fraction of sp³-hybridized carbons (Fsp3) is 0.533. The van der Waals surface area contributed by atoms with Gasteiger partial charge < -0.3 is 10.4 Å². The molecule has 1 fully saturated rings.